The summed E-state index contributed by atoms with van der Waals surface area (Å²) in [6, 6.07) is 14.9. The Labute approximate surface area is 196 Å². The normalized spacial score (nSPS) is 14.2. The van der Waals surface area contributed by atoms with E-state index in [1.54, 1.807) is 54.6 Å². The van der Waals surface area contributed by atoms with E-state index in [2.05, 4.69) is 0 Å². The molecule has 33 heavy (non-hydrogen) atoms. The van der Waals surface area contributed by atoms with Crippen LogP contribution >= 0.6 is 11.6 Å². The molecule has 0 unspecified atom stereocenters. The van der Waals surface area contributed by atoms with Gasteiger partial charge in [-0.3, -0.25) is 13.9 Å². The van der Waals surface area contributed by atoms with Crippen LogP contribution in [0, 0.1) is 6.92 Å². The Bertz CT molecular complexity index is 1260. The second-order valence-corrected chi connectivity index (χ2v) is 9.02. The summed E-state index contributed by atoms with van der Waals surface area (Å²) >= 11 is 5.99. The first kappa shape index (κ1) is 23.1. The third kappa shape index (κ3) is 4.67. The highest BCUT2D eigenvalue weighted by molar-refractivity contribution is 7.90. The van der Waals surface area contributed by atoms with Crippen LogP contribution in [0.4, 0.5) is 13.2 Å². The maximum atomic E-state index is 14.3. The summed E-state index contributed by atoms with van der Waals surface area (Å²) in [7, 11) is -1.38. The molecule has 1 aromatic heterocycles. The second-order valence-electron chi connectivity index (χ2n) is 7.38. The van der Waals surface area contributed by atoms with Gasteiger partial charge in [0.2, 0.25) is 0 Å². The van der Waals surface area contributed by atoms with E-state index in [-0.39, 0.29) is 23.4 Å². The molecule has 0 N–H and O–H groups in total. The first-order valence-corrected chi connectivity index (χ1v) is 11.5. The van der Waals surface area contributed by atoms with Gasteiger partial charge >= 0.3 is 6.18 Å². The summed E-state index contributed by atoms with van der Waals surface area (Å²) < 4.78 is 55.6. The molecule has 2 heterocycles. The van der Waals surface area contributed by atoms with Gasteiger partial charge in [0.1, 0.15) is 11.4 Å². The highest BCUT2D eigenvalue weighted by Gasteiger charge is 2.41. The minimum Gasteiger partial charge on any atom is -0.328 e. The van der Waals surface area contributed by atoms with Gasteiger partial charge < -0.3 is 4.57 Å². The van der Waals surface area contributed by atoms with Crippen LogP contribution in [-0.2, 0) is 23.5 Å². The molecule has 0 atom stereocenters. The van der Waals surface area contributed by atoms with Gasteiger partial charge in [-0.2, -0.15) is 13.2 Å². The highest BCUT2D eigenvalue weighted by Crippen LogP contribution is 2.42. The number of hydrogen-bond acceptors (Lipinski definition) is 2. The van der Waals surface area contributed by atoms with Gasteiger partial charge in [-0.05, 0) is 35.7 Å². The summed E-state index contributed by atoms with van der Waals surface area (Å²) in [6.45, 7) is 1.21. The molecule has 0 radical (unpaired) electrons. The van der Waals surface area contributed by atoms with Crippen LogP contribution in [0.3, 0.4) is 0 Å². The molecule has 1 amide bonds. The van der Waals surface area contributed by atoms with Crippen LogP contribution in [0.5, 0.6) is 0 Å². The van der Waals surface area contributed by atoms with Gasteiger partial charge in [0.05, 0.1) is 10.8 Å². The fourth-order valence-corrected chi connectivity index (χ4v) is 4.55. The number of amides is 1. The Hall–Kier alpha value is -3.10. The number of halogens is 4. The van der Waals surface area contributed by atoms with E-state index in [1.165, 1.54) is 30.1 Å². The molecule has 0 spiro atoms. The molecule has 1 aliphatic rings. The molecule has 0 aliphatic carbocycles. The fourth-order valence-electron chi connectivity index (χ4n) is 3.83. The Morgan fingerprint density at radius 3 is 2.18 bits per heavy atom. The van der Waals surface area contributed by atoms with E-state index in [9.17, 15) is 22.2 Å². The zero-order valence-corrected chi connectivity index (χ0v) is 18.9. The smallest absolute Gasteiger partial charge is 0.328 e. The van der Waals surface area contributed by atoms with Crippen molar-refractivity contribution >= 4 is 28.3 Å². The minimum absolute atomic E-state index is 0.0577. The SMILES string of the molecule is Cc1c(-c2ccc(Cl)cc2)c(C(=O)N2C=CS(=O)C=C2)n(Cc2ccccc2)c1C(F)(F)F. The molecule has 0 saturated carbocycles. The molecule has 0 bridgehead atoms. The molecule has 4 nitrogen and oxygen atoms in total. The summed E-state index contributed by atoms with van der Waals surface area (Å²) in [5.41, 5.74) is 0.152. The van der Waals surface area contributed by atoms with Crippen LogP contribution in [0.1, 0.15) is 27.3 Å². The first-order chi connectivity index (χ1) is 15.7. The van der Waals surface area contributed by atoms with Gasteiger partial charge in [-0.1, -0.05) is 54.1 Å². The van der Waals surface area contributed by atoms with Gasteiger partial charge in [0.25, 0.3) is 5.91 Å². The van der Waals surface area contributed by atoms with Crippen molar-refractivity contribution in [1.29, 1.82) is 0 Å². The Kier molecular flexibility index (Phi) is 6.32. The van der Waals surface area contributed by atoms with Crippen LogP contribution in [-0.4, -0.2) is 19.6 Å². The van der Waals surface area contributed by atoms with Gasteiger partial charge in [0, 0.05) is 40.3 Å². The maximum absolute atomic E-state index is 14.3. The van der Waals surface area contributed by atoms with Crippen molar-refractivity contribution in [2.75, 3.05) is 0 Å². The lowest BCUT2D eigenvalue weighted by Crippen LogP contribution is -2.27. The fraction of sp³-hybridized carbons (Fsp3) is 0.125. The van der Waals surface area contributed by atoms with E-state index in [1.807, 2.05) is 0 Å². The average Bonchev–Trinajstić information content (AvgIpc) is 3.07. The van der Waals surface area contributed by atoms with Crippen LogP contribution in [0.25, 0.3) is 11.1 Å². The molecule has 9 heteroatoms. The van der Waals surface area contributed by atoms with Crippen molar-refractivity contribution in [2.45, 2.75) is 19.6 Å². The number of rotatable bonds is 4. The second kappa shape index (κ2) is 9.03. The standard InChI is InChI=1S/C24H18ClF3N2O2S/c1-16-20(18-7-9-19(25)10-8-18)21(23(31)29-11-13-33(32)14-12-29)30(22(16)24(26,27)28)15-17-5-3-2-4-6-17/h2-14H,15H2,1H3. The number of carbonyl (C=O) groups is 1. The summed E-state index contributed by atoms with van der Waals surface area (Å²) in [5.74, 6) is -0.668. The lowest BCUT2D eigenvalue weighted by Gasteiger charge is -2.20. The minimum atomic E-state index is -4.70. The summed E-state index contributed by atoms with van der Waals surface area (Å²) in [6.07, 6.45) is -2.10. The van der Waals surface area contributed by atoms with Gasteiger partial charge in [-0.25, -0.2) is 0 Å². The largest absolute Gasteiger partial charge is 0.431 e. The van der Waals surface area contributed by atoms with Crippen molar-refractivity contribution < 1.29 is 22.2 Å². The van der Waals surface area contributed by atoms with Gasteiger partial charge in [0.15, 0.2) is 0 Å². The van der Waals surface area contributed by atoms with Crippen molar-refractivity contribution in [2.24, 2.45) is 0 Å². The predicted molar refractivity (Wildman–Crippen MR) is 123 cm³/mol. The quantitative estimate of drug-likeness (QED) is 0.429. The topological polar surface area (TPSA) is 42.3 Å². The Balaban J connectivity index is 2.00. The van der Waals surface area contributed by atoms with Crippen LogP contribution in [0.15, 0.2) is 77.8 Å². The Morgan fingerprint density at radius 2 is 1.61 bits per heavy atom. The third-order valence-corrected chi connectivity index (χ3v) is 6.27. The van der Waals surface area contributed by atoms with Gasteiger partial charge in [-0.15, -0.1) is 0 Å². The first-order valence-electron chi connectivity index (χ1n) is 9.85. The molecule has 0 saturated heterocycles. The van der Waals surface area contributed by atoms with Crippen LogP contribution < -0.4 is 0 Å². The number of nitrogens with zero attached hydrogens (tertiary/aromatic N) is 2. The molecular weight excluding hydrogens is 473 g/mol. The van der Waals surface area contributed by atoms with Crippen molar-refractivity contribution in [1.82, 2.24) is 9.47 Å². The van der Waals surface area contributed by atoms with E-state index in [4.69, 9.17) is 11.6 Å². The number of carbonyl (C=O) groups excluding carboxylic acids is 1. The lowest BCUT2D eigenvalue weighted by atomic mass is 10.0. The number of alkyl halides is 3. The van der Waals surface area contributed by atoms with E-state index in [0.29, 0.717) is 16.1 Å². The van der Waals surface area contributed by atoms with E-state index >= 15 is 0 Å². The maximum Gasteiger partial charge on any atom is 0.431 e. The molecule has 0 fully saturated rings. The Morgan fingerprint density at radius 1 is 1.00 bits per heavy atom. The van der Waals surface area contributed by atoms with Crippen molar-refractivity contribution in [3.63, 3.8) is 0 Å². The zero-order valence-electron chi connectivity index (χ0n) is 17.3. The highest BCUT2D eigenvalue weighted by atomic mass is 35.5. The predicted octanol–water partition coefficient (Wildman–Crippen LogP) is 6.33. The number of hydrogen-bond donors (Lipinski definition) is 0. The lowest BCUT2D eigenvalue weighted by molar-refractivity contribution is -0.143. The number of benzene rings is 2. The molecule has 1 aliphatic heterocycles. The van der Waals surface area contributed by atoms with Crippen molar-refractivity contribution in [3.05, 3.63) is 105 Å². The number of aromatic nitrogens is 1. The zero-order chi connectivity index (χ0) is 23.8. The summed E-state index contributed by atoms with van der Waals surface area (Å²) in [5, 5.41) is 3.01. The monoisotopic (exact) mass is 490 g/mol. The molecular formula is C24H18ClF3N2O2S. The summed E-state index contributed by atoms with van der Waals surface area (Å²) in [4.78, 5) is 14.7. The molecule has 170 valence electrons. The van der Waals surface area contributed by atoms with Crippen LogP contribution in [0.2, 0.25) is 5.02 Å². The third-order valence-electron chi connectivity index (χ3n) is 5.24. The van der Waals surface area contributed by atoms with E-state index < -0.39 is 28.6 Å². The molecule has 2 aromatic carbocycles. The molecule has 3 aromatic rings. The van der Waals surface area contributed by atoms with Crippen molar-refractivity contribution in [3.8, 4) is 11.1 Å². The average molecular weight is 491 g/mol. The van der Waals surface area contributed by atoms with E-state index in [0.717, 1.165) is 9.47 Å². The molecule has 4 rings (SSSR count).